The molecule has 4 aromatic rings. The van der Waals surface area contributed by atoms with E-state index in [1.165, 1.54) is 6.07 Å². The Bertz CT molecular complexity index is 1290. The molecular formula is C22H16BrClF2N4O. The fourth-order valence-corrected chi connectivity index (χ4v) is 4.18. The van der Waals surface area contributed by atoms with Gasteiger partial charge in [0.1, 0.15) is 23.6 Å². The molecule has 4 heterocycles. The third-order valence-corrected chi connectivity index (χ3v) is 5.95. The van der Waals surface area contributed by atoms with Crippen LogP contribution in [0.1, 0.15) is 25.5 Å². The molecule has 1 atom stereocenters. The maximum absolute atomic E-state index is 14.8. The molecule has 0 saturated carbocycles. The van der Waals surface area contributed by atoms with Gasteiger partial charge in [-0.1, -0.05) is 11.6 Å². The van der Waals surface area contributed by atoms with Gasteiger partial charge >= 0.3 is 0 Å². The lowest BCUT2D eigenvalue weighted by Crippen LogP contribution is -2.18. The molecule has 0 bridgehead atoms. The van der Waals surface area contributed by atoms with E-state index in [1.807, 2.05) is 12.1 Å². The standard InChI is InChI=1S/C22H16BrClF2N4O/c23-12-7-20-19(27-10-12)5-4-18(28-20)14-11-30(21-3-1-2-6-31-21)29-22(14)13-8-15(24)17(26)9-16(13)25/h4-5,7-11,21H,1-3,6H2. The first-order valence-corrected chi connectivity index (χ1v) is 10.9. The van der Waals surface area contributed by atoms with E-state index in [2.05, 4.69) is 26.0 Å². The molecule has 9 heteroatoms. The van der Waals surface area contributed by atoms with E-state index in [0.29, 0.717) is 29.1 Å². The van der Waals surface area contributed by atoms with Crippen LogP contribution in [0.4, 0.5) is 8.78 Å². The number of benzene rings is 1. The first kappa shape index (κ1) is 20.5. The van der Waals surface area contributed by atoms with Crippen LogP contribution >= 0.6 is 27.5 Å². The van der Waals surface area contributed by atoms with Crippen LogP contribution in [0.5, 0.6) is 0 Å². The Morgan fingerprint density at radius 1 is 1.06 bits per heavy atom. The first-order valence-electron chi connectivity index (χ1n) is 9.78. The number of halogens is 4. The van der Waals surface area contributed by atoms with Crippen LogP contribution in [0.25, 0.3) is 33.5 Å². The summed E-state index contributed by atoms with van der Waals surface area (Å²) in [6.07, 6.45) is 6.05. The van der Waals surface area contributed by atoms with Crippen molar-refractivity contribution in [1.29, 1.82) is 0 Å². The average Bonchev–Trinajstić information content (AvgIpc) is 3.21. The molecule has 5 rings (SSSR count). The van der Waals surface area contributed by atoms with Crippen LogP contribution in [0.3, 0.4) is 0 Å². The minimum absolute atomic E-state index is 0.102. The minimum atomic E-state index is -0.820. The molecular weight excluding hydrogens is 490 g/mol. The van der Waals surface area contributed by atoms with Crippen LogP contribution in [-0.4, -0.2) is 26.4 Å². The van der Waals surface area contributed by atoms with E-state index in [4.69, 9.17) is 21.3 Å². The third-order valence-electron chi connectivity index (χ3n) is 5.23. The van der Waals surface area contributed by atoms with Crippen molar-refractivity contribution in [2.45, 2.75) is 25.5 Å². The summed E-state index contributed by atoms with van der Waals surface area (Å²) in [5.74, 6) is -1.57. The largest absolute Gasteiger partial charge is 0.357 e. The summed E-state index contributed by atoms with van der Waals surface area (Å²) < 4.78 is 36.9. The maximum atomic E-state index is 14.8. The fraction of sp³-hybridized carbons (Fsp3) is 0.227. The molecule has 1 unspecified atom stereocenters. The van der Waals surface area contributed by atoms with Gasteiger partial charge in [-0.05, 0) is 59.5 Å². The summed E-state index contributed by atoms with van der Waals surface area (Å²) in [5, 5.41) is 4.44. The number of hydrogen-bond acceptors (Lipinski definition) is 4. The van der Waals surface area contributed by atoms with Gasteiger partial charge in [0.2, 0.25) is 0 Å². The molecule has 1 aliphatic heterocycles. The highest BCUT2D eigenvalue weighted by Crippen LogP contribution is 2.36. The number of pyridine rings is 2. The van der Waals surface area contributed by atoms with E-state index in [0.717, 1.165) is 35.3 Å². The Labute approximate surface area is 190 Å². The monoisotopic (exact) mass is 504 g/mol. The van der Waals surface area contributed by atoms with Gasteiger partial charge in [-0.15, -0.1) is 0 Å². The number of nitrogens with zero attached hydrogens (tertiary/aromatic N) is 4. The van der Waals surface area contributed by atoms with Crippen LogP contribution in [0.15, 0.2) is 47.2 Å². The number of rotatable bonds is 3. The van der Waals surface area contributed by atoms with Crippen molar-refractivity contribution >= 4 is 38.6 Å². The van der Waals surface area contributed by atoms with Crippen molar-refractivity contribution in [1.82, 2.24) is 19.7 Å². The highest BCUT2D eigenvalue weighted by Gasteiger charge is 2.24. The van der Waals surface area contributed by atoms with Crippen LogP contribution in [0, 0.1) is 11.6 Å². The van der Waals surface area contributed by atoms with Gasteiger partial charge in [0, 0.05) is 40.7 Å². The van der Waals surface area contributed by atoms with E-state index >= 15 is 0 Å². The molecule has 0 spiro atoms. The average molecular weight is 506 g/mol. The lowest BCUT2D eigenvalue weighted by Gasteiger charge is -2.22. The highest BCUT2D eigenvalue weighted by atomic mass is 79.9. The maximum Gasteiger partial charge on any atom is 0.150 e. The third kappa shape index (κ3) is 3.95. The van der Waals surface area contributed by atoms with Gasteiger partial charge in [0.05, 0.1) is 21.7 Å². The lowest BCUT2D eigenvalue weighted by molar-refractivity contribution is -0.0393. The summed E-state index contributed by atoms with van der Waals surface area (Å²) in [4.78, 5) is 9.05. The second-order valence-electron chi connectivity index (χ2n) is 7.33. The van der Waals surface area contributed by atoms with Gasteiger partial charge < -0.3 is 4.74 Å². The van der Waals surface area contributed by atoms with Crippen LogP contribution in [0.2, 0.25) is 5.02 Å². The van der Waals surface area contributed by atoms with Gasteiger partial charge in [0.15, 0.2) is 0 Å². The van der Waals surface area contributed by atoms with E-state index in [-0.39, 0.29) is 16.8 Å². The molecule has 0 amide bonds. The predicted molar refractivity (Wildman–Crippen MR) is 118 cm³/mol. The van der Waals surface area contributed by atoms with Crippen molar-refractivity contribution in [3.05, 3.63) is 63.9 Å². The molecule has 158 valence electrons. The number of hydrogen-bond donors (Lipinski definition) is 0. The fourth-order valence-electron chi connectivity index (χ4n) is 3.69. The summed E-state index contributed by atoms with van der Waals surface area (Å²) in [6.45, 7) is 0.639. The molecule has 0 aliphatic carbocycles. The number of aromatic nitrogens is 4. The zero-order chi connectivity index (χ0) is 21.5. The molecule has 0 N–H and O–H groups in total. The molecule has 31 heavy (non-hydrogen) atoms. The van der Waals surface area contributed by atoms with Crippen molar-refractivity contribution in [2.75, 3.05) is 6.61 Å². The summed E-state index contributed by atoms with van der Waals surface area (Å²) in [6, 6.07) is 7.53. The van der Waals surface area contributed by atoms with E-state index < -0.39 is 11.6 Å². The van der Waals surface area contributed by atoms with Crippen molar-refractivity contribution in [3.63, 3.8) is 0 Å². The predicted octanol–water partition coefficient (Wildman–Crippen LogP) is 6.55. The Balaban J connectivity index is 1.70. The number of ether oxygens (including phenoxy) is 1. The Hall–Kier alpha value is -2.42. The van der Waals surface area contributed by atoms with Gasteiger partial charge in [-0.3, -0.25) is 4.98 Å². The van der Waals surface area contributed by atoms with Crippen molar-refractivity contribution in [2.24, 2.45) is 0 Å². The van der Waals surface area contributed by atoms with Gasteiger partial charge in [-0.25, -0.2) is 18.4 Å². The summed E-state index contributed by atoms with van der Waals surface area (Å²) in [5.41, 5.74) is 3.01. The Morgan fingerprint density at radius 2 is 1.94 bits per heavy atom. The normalized spacial score (nSPS) is 16.7. The smallest absolute Gasteiger partial charge is 0.150 e. The first-order chi connectivity index (χ1) is 15.0. The minimum Gasteiger partial charge on any atom is -0.357 e. The quantitative estimate of drug-likeness (QED) is 0.296. The van der Waals surface area contributed by atoms with Crippen molar-refractivity contribution in [3.8, 4) is 22.5 Å². The second-order valence-corrected chi connectivity index (χ2v) is 8.65. The van der Waals surface area contributed by atoms with Crippen LogP contribution < -0.4 is 0 Å². The zero-order valence-electron chi connectivity index (χ0n) is 16.2. The molecule has 0 radical (unpaired) electrons. The molecule has 1 aliphatic rings. The molecule has 1 saturated heterocycles. The second kappa shape index (κ2) is 8.26. The number of fused-ring (bicyclic) bond motifs is 1. The van der Waals surface area contributed by atoms with Crippen LogP contribution in [-0.2, 0) is 4.74 Å². The lowest BCUT2D eigenvalue weighted by atomic mass is 10.0. The topological polar surface area (TPSA) is 52.8 Å². The molecule has 5 nitrogen and oxygen atoms in total. The molecule has 3 aromatic heterocycles. The van der Waals surface area contributed by atoms with Gasteiger partial charge in [-0.2, -0.15) is 5.10 Å². The van der Waals surface area contributed by atoms with Gasteiger partial charge in [0.25, 0.3) is 0 Å². The molecule has 1 aromatic carbocycles. The molecule has 1 fully saturated rings. The van der Waals surface area contributed by atoms with E-state index in [9.17, 15) is 8.78 Å². The van der Waals surface area contributed by atoms with Crippen molar-refractivity contribution < 1.29 is 13.5 Å². The Kier molecular flexibility index (Phi) is 5.45. The summed E-state index contributed by atoms with van der Waals surface area (Å²) in [7, 11) is 0. The Morgan fingerprint density at radius 3 is 2.74 bits per heavy atom. The SMILES string of the molecule is Fc1cc(F)c(-c2nn(C3CCCCO3)cc2-c2ccc3ncc(Br)cc3n2)cc1Cl. The zero-order valence-corrected chi connectivity index (χ0v) is 18.5. The highest BCUT2D eigenvalue weighted by molar-refractivity contribution is 9.10. The summed E-state index contributed by atoms with van der Waals surface area (Å²) >= 11 is 9.36. The van der Waals surface area contributed by atoms with E-state index in [1.54, 1.807) is 23.1 Å².